The molecule has 2 nitrogen and oxygen atoms in total. The second-order valence-corrected chi connectivity index (χ2v) is 4.59. The van der Waals surface area contributed by atoms with Crippen molar-refractivity contribution in [1.82, 2.24) is 4.98 Å². The summed E-state index contributed by atoms with van der Waals surface area (Å²) in [5, 5.41) is 0. The molecule has 0 unspecified atom stereocenters. The van der Waals surface area contributed by atoms with E-state index in [-0.39, 0.29) is 13.0 Å². The Morgan fingerprint density at radius 1 is 1.35 bits per heavy atom. The Balaban J connectivity index is 2.15. The number of pyridine rings is 1. The van der Waals surface area contributed by atoms with Crippen LogP contribution < -0.4 is 4.90 Å². The predicted molar refractivity (Wildman–Crippen MR) is 62.9 cm³/mol. The summed E-state index contributed by atoms with van der Waals surface area (Å²) in [6.45, 7) is 0.575. The maximum Gasteiger partial charge on any atom is 0.412 e. The van der Waals surface area contributed by atoms with Gasteiger partial charge < -0.3 is 4.90 Å². The van der Waals surface area contributed by atoms with Crippen molar-refractivity contribution in [3.63, 3.8) is 0 Å². The van der Waals surface area contributed by atoms with Gasteiger partial charge in [-0.1, -0.05) is 6.08 Å². The summed E-state index contributed by atoms with van der Waals surface area (Å²) in [5.74, 6) is 0.685. The van der Waals surface area contributed by atoms with Gasteiger partial charge in [-0.3, -0.25) is 0 Å². The summed E-state index contributed by atoms with van der Waals surface area (Å²) in [6, 6.07) is 3.60. The average Bonchev–Trinajstić information content (AvgIpc) is 2.29. The topological polar surface area (TPSA) is 16.1 Å². The van der Waals surface area contributed by atoms with Gasteiger partial charge in [0.15, 0.2) is 0 Å². The van der Waals surface area contributed by atoms with Crippen LogP contribution in [-0.4, -0.2) is 24.2 Å². The van der Waals surface area contributed by atoms with Gasteiger partial charge in [0.25, 0.3) is 0 Å². The van der Waals surface area contributed by atoms with Crippen molar-refractivity contribution in [2.75, 3.05) is 18.0 Å². The van der Waals surface area contributed by atoms with Gasteiger partial charge >= 0.3 is 6.18 Å². The summed E-state index contributed by atoms with van der Waals surface area (Å²) in [4.78, 5) is 5.98. The van der Waals surface area contributed by atoms with Gasteiger partial charge in [-0.2, -0.15) is 13.2 Å². The SMILES string of the molecule is FC(F)(F)C1=CCN(c2ncccc2Br)CC1. The van der Waals surface area contributed by atoms with Gasteiger partial charge in [0.05, 0.1) is 4.47 Å². The molecule has 0 atom stereocenters. The third kappa shape index (κ3) is 2.80. The van der Waals surface area contributed by atoms with Crippen LogP contribution >= 0.6 is 15.9 Å². The highest BCUT2D eigenvalue weighted by Crippen LogP contribution is 2.32. The van der Waals surface area contributed by atoms with Crippen LogP contribution in [0.15, 0.2) is 34.5 Å². The molecule has 0 radical (unpaired) electrons. The summed E-state index contributed by atoms with van der Waals surface area (Å²) in [5.41, 5.74) is -0.444. The van der Waals surface area contributed by atoms with Gasteiger partial charge in [-0.15, -0.1) is 0 Å². The number of hydrogen-bond acceptors (Lipinski definition) is 2. The van der Waals surface area contributed by atoms with Crippen LogP contribution in [0.5, 0.6) is 0 Å². The lowest BCUT2D eigenvalue weighted by atomic mass is 10.1. The van der Waals surface area contributed by atoms with E-state index < -0.39 is 11.7 Å². The molecule has 2 heterocycles. The Labute approximate surface area is 105 Å². The average molecular weight is 307 g/mol. The largest absolute Gasteiger partial charge is 0.412 e. The normalized spacial score (nSPS) is 16.9. The molecule has 0 saturated heterocycles. The van der Waals surface area contributed by atoms with Gasteiger partial charge in [-0.05, 0) is 34.5 Å². The summed E-state index contributed by atoms with van der Waals surface area (Å²) < 4.78 is 38.1. The van der Waals surface area contributed by atoms with Crippen LogP contribution in [-0.2, 0) is 0 Å². The summed E-state index contributed by atoms with van der Waals surface area (Å²) in [6.07, 6.45) is -1.34. The molecule has 1 aliphatic heterocycles. The number of halogens is 4. The van der Waals surface area contributed by atoms with Crippen LogP contribution in [0.3, 0.4) is 0 Å². The minimum Gasteiger partial charge on any atom is -0.352 e. The molecule has 92 valence electrons. The molecular formula is C11H10BrF3N2. The molecule has 17 heavy (non-hydrogen) atoms. The molecule has 0 spiro atoms. The Hall–Kier alpha value is -1.04. The standard InChI is InChI=1S/C11H10BrF3N2/c12-9-2-1-5-16-10(9)17-6-3-8(4-7-17)11(13,14)15/h1-3,5H,4,6-7H2. The molecule has 0 saturated carbocycles. The molecule has 0 amide bonds. The van der Waals surface area contributed by atoms with Crippen molar-refractivity contribution in [1.29, 1.82) is 0 Å². The molecule has 6 heteroatoms. The highest BCUT2D eigenvalue weighted by Gasteiger charge is 2.35. The zero-order valence-electron chi connectivity index (χ0n) is 8.84. The first-order valence-electron chi connectivity index (χ1n) is 5.10. The van der Waals surface area contributed by atoms with Crippen molar-refractivity contribution >= 4 is 21.7 Å². The fourth-order valence-electron chi connectivity index (χ4n) is 1.73. The fourth-order valence-corrected chi connectivity index (χ4v) is 2.23. The number of aromatic nitrogens is 1. The second-order valence-electron chi connectivity index (χ2n) is 3.73. The number of rotatable bonds is 1. The fraction of sp³-hybridized carbons (Fsp3) is 0.364. The lowest BCUT2D eigenvalue weighted by Crippen LogP contribution is -2.32. The molecule has 0 bridgehead atoms. The summed E-state index contributed by atoms with van der Waals surface area (Å²) >= 11 is 3.34. The Bertz CT molecular complexity index is 443. The first-order chi connectivity index (χ1) is 7.98. The molecule has 0 fully saturated rings. The first kappa shape index (κ1) is 12.4. The Morgan fingerprint density at radius 2 is 2.12 bits per heavy atom. The number of anilines is 1. The van der Waals surface area contributed by atoms with E-state index in [9.17, 15) is 13.2 Å². The van der Waals surface area contributed by atoms with Crippen LogP contribution in [0.4, 0.5) is 19.0 Å². The van der Waals surface area contributed by atoms with Crippen LogP contribution in [0.25, 0.3) is 0 Å². The van der Waals surface area contributed by atoms with E-state index in [0.717, 1.165) is 4.47 Å². The van der Waals surface area contributed by atoms with Crippen LogP contribution in [0, 0.1) is 0 Å². The molecule has 1 aliphatic rings. The summed E-state index contributed by atoms with van der Waals surface area (Å²) in [7, 11) is 0. The minimum atomic E-state index is -4.20. The first-order valence-corrected chi connectivity index (χ1v) is 5.89. The third-order valence-electron chi connectivity index (χ3n) is 2.61. The minimum absolute atomic E-state index is 0.00646. The van der Waals surface area contributed by atoms with E-state index in [1.54, 1.807) is 12.3 Å². The second kappa shape index (κ2) is 4.68. The Morgan fingerprint density at radius 3 is 2.65 bits per heavy atom. The lowest BCUT2D eigenvalue weighted by Gasteiger charge is -2.28. The maximum absolute atomic E-state index is 12.4. The third-order valence-corrected chi connectivity index (χ3v) is 3.23. The van der Waals surface area contributed by atoms with Gasteiger partial charge in [0.1, 0.15) is 5.82 Å². The number of nitrogens with zero attached hydrogens (tertiary/aromatic N) is 2. The lowest BCUT2D eigenvalue weighted by molar-refractivity contribution is -0.0944. The number of hydrogen-bond donors (Lipinski definition) is 0. The van der Waals surface area contributed by atoms with E-state index >= 15 is 0 Å². The molecule has 0 aliphatic carbocycles. The molecule has 1 aromatic rings. The quantitative estimate of drug-likeness (QED) is 0.738. The molecule has 1 aromatic heterocycles. The molecule has 0 N–H and O–H groups in total. The van der Waals surface area contributed by atoms with Crippen LogP contribution in [0.2, 0.25) is 0 Å². The van der Waals surface area contributed by atoms with E-state index in [1.165, 1.54) is 6.08 Å². The van der Waals surface area contributed by atoms with E-state index in [0.29, 0.717) is 12.4 Å². The van der Waals surface area contributed by atoms with Crippen LogP contribution in [0.1, 0.15) is 6.42 Å². The van der Waals surface area contributed by atoms with Gasteiger partial charge in [0, 0.05) is 24.9 Å². The highest BCUT2D eigenvalue weighted by molar-refractivity contribution is 9.10. The van der Waals surface area contributed by atoms with Crippen molar-refractivity contribution < 1.29 is 13.2 Å². The number of alkyl halides is 3. The molecule has 0 aromatic carbocycles. The highest BCUT2D eigenvalue weighted by atomic mass is 79.9. The molecule has 2 rings (SSSR count). The Kier molecular flexibility index (Phi) is 3.42. The zero-order valence-corrected chi connectivity index (χ0v) is 10.4. The van der Waals surface area contributed by atoms with E-state index in [1.807, 2.05) is 11.0 Å². The smallest absolute Gasteiger partial charge is 0.352 e. The maximum atomic E-state index is 12.4. The van der Waals surface area contributed by atoms with E-state index in [2.05, 4.69) is 20.9 Å². The van der Waals surface area contributed by atoms with Crippen molar-refractivity contribution in [2.24, 2.45) is 0 Å². The van der Waals surface area contributed by atoms with Crippen molar-refractivity contribution in [2.45, 2.75) is 12.6 Å². The van der Waals surface area contributed by atoms with Crippen molar-refractivity contribution in [3.05, 3.63) is 34.5 Å². The zero-order chi connectivity index (χ0) is 12.5. The predicted octanol–water partition coefficient (Wildman–Crippen LogP) is 3.54. The van der Waals surface area contributed by atoms with Gasteiger partial charge in [0.2, 0.25) is 0 Å². The molecular weight excluding hydrogens is 297 g/mol. The monoisotopic (exact) mass is 306 g/mol. The van der Waals surface area contributed by atoms with Crippen molar-refractivity contribution in [3.8, 4) is 0 Å². The van der Waals surface area contributed by atoms with Gasteiger partial charge in [-0.25, -0.2) is 4.98 Å². The van der Waals surface area contributed by atoms with E-state index in [4.69, 9.17) is 0 Å².